The Hall–Kier alpha value is -1.05. The van der Waals surface area contributed by atoms with Crippen LogP contribution < -0.4 is 4.74 Å². The topological polar surface area (TPSA) is 36.3 Å². The van der Waals surface area contributed by atoms with Crippen LogP contribution in [0.1, 0.15) is 19.4 Å². The van der Waals surface area contributed by atoms with E-state index in [1.165, 1.54) is 0 Å². The van der Waals surface area contributed by atoms with Gasteiger partial charge in [0.1, 0.15) is 11.3 Å². The van der Waals surface area contributed by atoms with Crippen molar-refractivity contribution in [3.05, 3.63) is 28.2 Å². The molecule has 0 bridgehead atoms. The Morgan fingerprint density at radius 1 is 1.47 bits per heavy atom. The third-order valence-corrected chi connectivity index (χ3v) is 3.48. The highest BCUT2D eigenvalue weighted by atomic mass is 79.9. The maximum absolute atomic E-state index is 9.06. The zero-order valence-electron chi connectivity index (χ0n) is 10.6. The molecule has 0 aliphatic heterocycles. The Labute approximate surface area is 111 Å². The van der Waals surface area contributed by atoms with Gasteiger partial charge in [-0.2, -0.15) is 5.26 Å². The molecule has 0 aliphatic rings. The van der Waals surface area contributed by atoms with E-state index in [9.17, 15) is 0 Å². The maximum Gasteiger partial charge on any atom is 0.133 e. The molecule has 0 fully saturated rings. The van der Waals surface area contributed by atoms with Gasteiger partial charge in [-0.05, 0) is 54.5 Å². The lowest BCUT2D eigenvalue weighted by Gasteiger charge is -2.29. The second-order valence-electron chi connectivity index (χ2n) is 4.50. The van der Waals surface area contributed by atoms with Gasteiger partial charge in [-0.15, -0.1) is 0 Å². The van der Waals surface area contributed by atoms with Gasteiger partial charge in [0, 0.05) is 6.54 Å². The number of methoxy groups -OCH3 is 1. The van der Waals surface area contributed by atoms with Gasteiger partial charge >= 0.3 is 0 Å². The Morgan fingerprint density at radius 3 is 2.59 bits per heavy atom. The van der Waals surface area contributed by atoms with Gasteiger partial charge in [0.05, 0.1) is 17.7 Å². The molecule has 0 N–H and O–H groups in total. The lowest BCUT2D eigenvalue weighted by molar-refractivity contribution is 0.203. The largest absolute Gasteiger partial charge is 0.496 e. The van der Waals surface area contributed by atoms with Crippen LogP contribution in [0.4, 0.5) is 0 Å². The van der Waals surface area contributed by atoms with E-state index >= 15 is 0 Å². The Bertz CT molecular complexity index is 438. The highest BCUT2D eigenvalue weighted by Crippen LogP contribution is 2.26. The summed E-state index contributed by atoms with van der Waals surface area (Å²) in [6.07, 6.45) is 0. The molecule has 0 heterocycles. The number of rotatable bonds is 4. The summed E-state index contributed by atoms with van der Waals surface area (Å²) in [6, 6.07) is 8.24. The van der Waals surface area contributed by atoms with Gasteiger partial charge in [0.25, 0.3) is 0 Å². The van der Waals surface area contributed by atoms with Crippen molar-refractivity contribution in [1.29, 1.82) is 5.26 Å². The molecule has 0 unspecified atom stereocenters. The standard InChI is InChI=1S/C13H17BrN2O/c1-13(2,9-15)16(3)8-10-5-6-12(17-4)11(14)7-10/h5-7H,8H2,1-4H3. The highest BCUT2D eigenvalue weighted by Gasteiger charge is 2.22. The van der Waals surface area contributed by atoms with E-state index in [-0.39, 0.29) is 0 Å². The molecule has 0 saturated heterocycles. The van der Waals surface area contributed by atoms with Crippen LogP contribution in [0.25, 0.3) is 0 Å². The summed E-state index contributed by atoms with van der Waals surface area (Å²) in [5.74, 6) is 0.816. The van der Waals surface area contributed by atoms with Crippen molar-refractivity contribution in [3.8, 4) is 11.8 Å². The smallest absolute Gasteiger partial charge is 0.133 e. The van der Waals surface area contributed by atoms with E-state index in [2.05, 4.69) is 22.0 Å². The third-order valence-electron chi connectivity index (χ3n) is 2.86. The molecule has 3 nitrogen and oxygen atoms in total. The van der Waals surface area contributed by atoms with Crippen LogP contribution in [0, 0.1) is 11.3 Å². The Morgan fingerprint density at radius 2 is 2.12 bits per heavy atom. The molecule has 0 aromatic heterocycles. The summed E-state index contributed by atoms with van der Waals surface area (Å²) in [4.78, 5) is 2.02. The molecule has 92 valence electrons. The molecule has 1 rings (SSSR count). The third kappa shape index (κ3) is 3.45. The van der Waals surface area contributed by atoms with Crippen molar-refractivity contribution in [2.75, 3.05) is 14.2 Å². The zero-order valence-corrected chi connectivity index (χ0v) is 12.2. The van der Waals surface area contributed by atoms with E-state index in [0.717, 1.165) is 22.3 Å². The minimum Gasteiger partial charge on any atom is -0.496 e. The fourth-order valence-electron chi connectivity index (χ4n) is 1.37. The normalized spacial score (nSPS) is 11.4. The average molecular weight is 297 g/mol. The highest BCUT2D eigenvalue weighted by molar-refractivity contribution is 9.10. The molecule has 0 atom stereocenters. The quantitative estimate of drug-likeness (QED) is 0.856. The molecule has 0 amide bonds. The minimum atomic E-state index is -0.466. The first-order valence-electron chi connectivity index (χ1n) is 5.35. The van der Waals surface area contributed by atoms with Gasteiger partial charge in [0.15, 0.2) is 0 Å². The summed E-state index contributed by atoms with van der Waals surface area (Å²) in [5, 5.41) is 9.06. The summed E-state index contributed by atoms with van der Waals surface area (Å²) in [7, 11) is 3.59. The molecular formula is C13H17BrN2O. The van der Waals surface area contributed by atoms with Crippen LogP contribution in [0.15, 0.2) is 22.7 Å². The van der Waals surface area contributed by atoms with Crippen LogP contribution >= 0.6 is 15.9 Å². The molecule has 4 heteroatoms. The number of nitriles is 1. The predicted molar refractivity (Wildman–Crippen MR) is 71.9 cm³/mol. The maximum atomic E-state index is 9.06. The lowest BCUT2D eigenvalue weighted by atomic mass is 10.0. The minimum absolute atomic E-state index is 0.466. The fraction of sp³-hybridized carbons (Fsp3) is 0.462. The number of hydrogen-bond acceptors (Lipinski definition) is 3. The number of hydrogen-bond donors (Lipinski definition) is 0. The van der Waals surface area contributed by atoms with E-state index in [4.69, 9.17) is 10.00 Å². The first-order valence-corrected chi connectivity index (χ1v) is 6.15. The SMILES string of the molecule is COc1ccc(CN(C)C(C)(C)C#N)cc1Br. The van der Waals surface area contributed by atoms with Crippen LogP contribution in [0.3, 0.4) is 0 Å². The zero-order chi connectivity index (χ0) is 13.1. The van der Waals surface area contributed by atoms with Crippen molar-refractivity contribution >= 4 is 15.9 Å². The van der Waals surface area contributed by atoms with E-state index in [1.807, 2.05) is 44.0 Å². The van der Waals surface area contributed by atoms with E-state index < -0.39 is 5.54 Å². The summed E-state index contributed by atoms with van der Waals surface area (Å²) in [5.41, 5.74) is 0.676. The molecule has 1 aromatic carbocycles. The van der Waals surface area contributed by atoms with E-state index in [0.29, 0.717) is 0 Å². The van der Waals surface area contributed by atoms with Gasteiger partial charge in [-0.3, -0.25) is 4.90 Å². The van der Waals surface area contributed by atoms with Gasteiger partial charge in [-0.1, -0.05) is 6.07 Å². The summed E-state index contributed by atoms with van der Waals surface area (Å²) >= 11 is 3.46. The molecule has 0 spiro atoms. The molecule has 1 aromatic rings. The van der Waals surface area contributed by atoms with Gasteiger partial charge in [0.2, 0.25) is 0 Å². The Kier molecular flexibility index (Phi) is 4.55. The fourth-order valence-corrected chi connectivity index (χ4v) is 1.95. The molecule has 0 aliphatic carbocycles. The summed E-state index contributed by atoms with van der Waals surface area (Å²) < 4.78 is 6.11. The molecule has 0 saturated carbocycles. The van der Waals surface area contributed by atoms with Crippen molar-refractivity contribution in [1.82, 2.24) is 4.90 Å². The molecule has 0 radical (unpaired) electrons. The molecular weight excluding hydrogens is 280 g/mol. The van der Waals surface area contributed by atoms with Crippen molar-refractivity contribution < 1.29 is 4.74 Å². The van der Waals surface area contributed by atoms with E-state index in [1.54, 1.807) is 7.11 Å². The first kappa shape index (κ1) is 14.0. The van der Waals surface area contributed by atoms with Crippen LogP contribution in [0.5, 0.6) is 5.75 Å². The number of benzene rings is 1. The Balaban J connectivity index is 2.84. The van der Waals surface area contributed by atoms with Crippen molar-refractivity contribution in [3.63, 3.8) is 0 Å². The van der Waals surface area contributed by atoms with Crippen LogP contribution in [0.2, 0.25) is 0 Å². The van der Waals surface area contributed by atoms with Gasteiger partial charge in [-0.25, -0.2) is 0 Å². The monoisotopic (exact) mass is 296 g/mol. The van der Waals surface area contributed by atoms with Crippen LogP contribution in [-0.2, 0) is 6.54 Å². The molecule has 17 heavy (non-hydrogen) atoms. The van der Waals surface area contributed by atoms with Gasteiger partial charge < -0.3 is 4.74 Å². The summed E-state index contributed by atoms with van der Waals surface area (Å²) in [6.45, 7) is 4.54. The second-order valence-corrected chi connectivity index (χ2v) is 5.35. The number of halogens is 1. The number of nitrogens with zero attached hydrogens (tertiary/aromatic N) is 2. The average Bonchev–Trinajstić information content (AvgIpc) is 2.29. The van der Waals surface area contributed by atoms with Crippen molar-refractivity contribution in [2.45, 2.75) is 25.9 Å². The first-order chi connectivity index (χ1) is 7.90. The predicted octanol–water partition coefficient (Wildman–Crippen LogP) is 3.19. The van der Waals surface area contributed by atoms with Crippen LogP contribution in [-0.4, -0.2) is 24.6 Å². The lowest BCUT2D eigenvalue weighted by Crippen LogP contribution is -2.38. The number of ether oxygens (including phenoxy) is 1. The van der Waals surface area contributed by atoms with Crippen molar-refractivity contribution in [2.24, 2.45) is 0 Å². The second kappa shape index (κ2) is 5.52.